The normalized spacial score (nSPS) is 16.8. The van der Waals surface area contributed by atoms with Gasteiger partial charge in [0.1, 0.15) is 0 Å². The quantitative estimate of drug-likeness (QED) is 0.857. The number of aromatic nitrogens is 1. The van der Waals surface area contributed by atoms with Crippen molar-refractivity contribution in [3.05, 3.63) is 16.1 Å². The van der Waals surface area contributed by atoms with E-state index in [1.807, 2.05) is 4.90 Å². The standard InChI is InChI=1S/C14H24N4OS/c1-11(2)13-15-12(10-20-13)9-17-5-7-18(8-6-17)14(19)16(3)4/h10-11H,5-9H2,1-4H3. The first-order valence-electron chi connectivity index (χ1n) is 7.10. The maximum atomic E-state index is 11.9. The van der Waals surface area contributed by atoms with Crippen LogP contribution in [0.4, 0.5) is 4.79 Å². The molecule has 0 N–H and O–H groups in total. The van der Waals surface area contributed by atoms with Crippen LogP contribution >= 0.6 is 11.3 Å². The Bertz CT molecular complexity index is 450. The van der Waals surface area contributed by atoms with E-state index in [1.165, 1.54) is 5.01 Å². The Morgan fingerprint density at radius 1 is 1.35 bits per heavy atom. The van der Waals surface area contributed by atoms with Gasteiger partial charge in [0.15, 0.2) is 0 Å². The monoisotopic (exact) mass is 296 g/mol. The second-order valence-electron chi connectivity index (χ2n) is 5.77. The molecule has 2 rings (SSSR count). The number of carbonyl (C=O) groups is 1. The molecule has 2 amide bonds. The molecule has 0 aliphatic carbocycles. The summed E-state index contributed by atoms with van der Waals surface area (Å²) in [7, 11) is 3.61. The molecule has 0 spiro atoms. The van der Waals surface area contributed by atoms with Gasteiger partial charge in [0, 0.05) is 58.1 Å². The fraction of sp³-hybridized carbons (Fsp3) is 0.714. The molecule has 0 unspecified atom stereocenters. The zero-order valence-electron chi connectivity index (χ0n) is 12.8. The highest BCUT2D eigenvalue weighted by Crippen LogP contribution is 2.20. The molecule has 5 nitrogen and oxygen atoms in total. The fourth-order valence-electron chi connectivity index (χ4n) is 2.27. The highest BCUT2D eigenvalue weighted by Gasteiger charge is 2.22. The number of thiazole rings is 1. The first-order valence-corrected chi connectivity index (χ1v) is 7.98. The molecule has 20 heavy (non-hydrogen) atoms. The van der Waals surface area contributed by atoms with Gasteiger partial charge in [0.05, 0.1) is 10.7 Å². The lowest BCUT2D eigenvalue weighted by Crippen LogP contribution is -2.51. The van der Waals surface area contributed by atoms with Gasteiger partial charge in [-0.05, 0) is 0 Å². The first-order chi connectivity index (χ1) is 9.47. The lowest BCUT2D eigenvalue weighted by molar-refractivity contribution is 0.119. The van der Waals surface area contributed by atoms with Gasteiger partial charge in [-0.3, -0.25) is 4.90 Å². The molecule has 1 aliphatic heterocycles. The zero-order valence-corrected chi connectivity index (χ0v) is 13.6. The van der Waals surface area contributed by atoms with Crippen molar-refractivity contribution in [2.75, 3.05) is 40.3 Å². The summed E-state index contributed by atoms with van der Waals surface area (Å²) in [5.74, 6) is 0.503. The van der Waals surface area contributed by atoms with Crippen molar-refractivity contribution in [1.29, 1.82) is 0 Å². The van der Waals surface area contributed by atoms with E-state index >= 15 is 0 Å². The summed E-state index contributed by atoms with van der Waals surface area (Å²) in [6.45, 7) is 8.70. The summed E-state index contributed by atoms with van der Waals surface area (Å²) in [6, 6.07) is 0.111. The van der Waals surface area contributed by atoms with E-state index in [-0.39, 0.29) is 6.03 Å². The van der Waals surface area contributed by atoms with Gasteiger partial charge in [0.2, 0.25) is 0 Å². The number of hydrogen-bond donors (Lipinski definition) is 0. The molecule has 1 fully saturated rings. The third-order valence-corrected chi connectivity index (χ3v) is 4.67. The average molecular weight is 296 g/mol. The number of rotatable bonds is 3. The molecule has 1 aromatic rings. The Morgan fingerprint density at radius 3 is 2.50 bits per heavy atom. The Balaban J connectivity index is 1.83. The van der Waals surface area contributed by atoms with Crippen LogP contribution in [-0.4, -0.2) is 66.0 Å². The Labute approximate surface area is 125 Å². The van der Waals surface area contributed by atoms with E-state index in [0.717, 1.165) is 38.4 Å². The summed E-state index contributed by atoms with van der Waals surface area (Å²) in [5.41, 5.74) is 1.16. The van der Waals surface area contributed by atoms with Crippen molar-refractivity contribution in [3.63, 3.8) is 0 Å². The van der Waals surface area contributed by atoms with Gasteiger partial charge in [-0.1, -0.05) is 13.8 Å². The number of nitrogens with zero attached hydrogens (tertiary/aromatic N) is 4. The highest BCUT2D eigenvalue weighted by molar-refractivity contribution is 7.09. The third-order valence-electron chi connectivity index (χ3n) is 3.47. The van der Waals surface area contributed by atoms with Crippen molar-refractivity contribution in [3.8, 4) is 0 Å². The van der Waals surface area contributed by atoms with E-state index in [4.69, 9.17) is 0 Å². The predicted molar refractivity (Wildman–Crippen MR) is 82.1 cm³/mol. The number of hydrogen-bond acceptors (Lipinski definition) is 4. The van der Waals surface area contributed by atoms with Crippen molar-refractivity contribution in [2.24, 2.45) is 0 Å². The maximum Gasteiger partial charge on any atom is 0.319 e. The smallest absolute Gasteiger partial charge is 0.319 e. The average Bonchev–Trinajstić information content (AvgIpc) is 2.87. The van der Waals surface area contributed by atoms with Crippen LogP contribution in [0.25, 0.3) is 0 Å². The van der Waals surface area contributed by atoms with Crippen LogP contribution in [0.5, 0.6) is 0 Å². The zero-order chi connectivity index (χ0) is 14.7. The van der Waals surface area contributed by atoms with Gasteiger partial charge in [0.25, 0.3) is 0 Å². The number of carbonyl (C=O) groups excluding carboxylic acids is 1. The largest absolute Gasteiger partial charge is 0.331 e. The molecular weight excluding hydrogens is 272 g/mol. The van der Waals surface area contributed by atoms with Gasteiger partial charge < -0.3 is 9.80 Å². The maximum absolute atomic E-state index is 11.9. The lowest BCUT2D eigenvalue weighted by atomic mass is 10.2. The number of urea groups is 1. The molecule has 0 radical (unpaired) electrons. The van der Waals surface area contributed by atoms with E-state index in [9.17, 15) is 4.79 Å². The van der Waals surface area contributed by atoms with Crippen LogP contribution in [0.3, 0.4) is 0 Å². The molecule has 1 aliphatic rings. The second kappa shape index (κ2) is 6.54. The molecule has 6 heteroatoms. The van der Waals surface area contributed by atoms with Crippen molar-refractivity contribution in [1.82, 2.24) is 19.7 Å². The van der Waals surface area contributed by atoms with Crippen molar-refractivity contribution < 1.29 is 4.79 Å². The fourth-order valence-corrected chi connectivity index (χ4v) is 3.10. The van der Waals surface area contributed by atoms with E-state index in [1.54, 1.807) is 30.3 Å². The summed E-state index contributed by atoms with van der Waals surface area (Å²) in [6.07, 6.45) is 0. The molecule has 0 bridgehead atoms. The third kappa shape index (κ3) is 3.70. The minimum atomic E-state index is 0.111. The molecule has 2 heterocycles. The minimum absolute atomic E-state index is 0.111. The summed E-state index contributed by atoms with van der Waals surface area (Å²) in [4.78, 5) is 22.5. The van der Waals surface area contributed by atoms with Gasteiger partial charge in [-0.15, -0.1) is 11.3 Å². The SMILES string of the molecule is CC(C)c1nc(CN2CCN(C(=O)N(C)C)CC2)cs1. The van der Waals surface area contributed by atoms with Gasteiger partial charge in [-0.2, -0.15) is 0 Å². The molecule has 1 saturated heterocycles. The molecule has 0 atom stereocenters. The minimum Gasteiger partial charge on any atom is -0.331 e. The molecule has 0 aromatic carbocycles. The van der Waals surface area contributed by atoms with Gasteiger partial charge in [-0.25, -0.2) is 9.78 Å². The topological polar surface area (TPSA) is 39.7 Å². The first kappa shape index (κ1) is 15.3. The molecule has 1 aromatic heterocycles. The van der Waals surface area contributed by atoms with E-state index in [0.29, 0.717) is 5.92 Å². The predicted octanol–water partition coefficient (Wildman–Crippen LogP) is 2.07. The molecule has 0 saturated carbocycles. The second-order valence-corrected chi connectivity index (χ2v) is 6.66. The molecular formula is C14H24N4OS. The highest BCUT2D eigenvalue weighted by atomic mass is 32.1. The van der Waals surface area contributed by atoms with Gasteiger partial charge >= 0.3 is 6.03 Å². The van der Waals surface area contributed by atoms with Crippen molar-refractivity contribution >= 4 is 17.4 Å². The van der Waals surface area contributed by atoms with Crippen LogP contribution in [0.1, 0.15) is 30.5 Å². The van der Waals surface area contributed by atoms with E-state index in [2.05, 4.69) is 29.1 Å². The summed E-state index contributed by atoms with van der Waals surface area (Å²) < 4.78 is 0. The van der Waals surface area contributed by atoms with Crippen LogP contribution in [0.2, 0.25) is 0 Å². The Hall–Kier alpha value is -1.14. The Kier molecular flexibility index (Phi) is 4.99. The molecule has 112 valence electrons. The van der Waals surface area contributed by atoms with Crippen LogP contribution in [0.15, 0.2) is 5.38 Å². The number of amides is 2. The van der Waals surface area contributed by atoms with Crippen molar-refractivity contribution in [2.45, 2.75) is 26.3 Å². The number of piperazine rings is 1. The van der Waals surface area contributed by atoms with Crippen LogP contribution in [0, 0.1) is 0 Å². The van der Waals surface area contributed by atoms with E-state index < -0.39 is 0 Å². The van der Waals surface area contributed by atoms with Crippen LogP contribution in [-0.2, 0) is 6.54 Å². The van der Waals surface area contributed by atoms with Crippen LogP contribution < -0.4 is 0 Å². The summed E-state index contributed by atoms with van der Waals surface area (Å²) in [5, 5.41) is 3.37. The Morgan fingerprint density at radius 2 is 2.00 bits per heavy atom. The lowest BCUT2D eigenvalue weighted by Gasteiger charge is -2.35. The summed E-state index contributed by atoms with van der Waals surface area (Å²) >= 11 is 1.75.